The molecular weight excluding hydrogens is 214 g/mol. The van der Waals surface area contributed by atoms with Crippen molar-refractivity contribution in [3.63, 3.8) is 0 Å². The highest BCUT2D eigenvalue weighted by Crippen LogP contribution is 2.25. The highest BCUT2D eigenvalue weighted by molar-refractivity contribution is 5.94. The molecule has 0 unspecified atom stereocenters. The van der Waals surface area contributed by atoms with E-state index in [1.54, 1.807) is 6.20 Å². The fourth-order valence-corrected chi connectivity index (χ4v) is 2.54. The molecule has 0 bridgehead atoms. The summed E-state index contributed by atoms with van der Waals surface area (Å²) in [4.78, 5) is 11.8. The number of aryl methyl sites for hydroxylation is 1. The quantitative estimate of drug-likeness (QED) is 0.842. The van der Waals surface area contributed by atoms with Crippen molar-refractivity contribution in [3.05, 3.63) is 17.5 Å². The van der Waals surface area contributed by atoms with Crippen LogP contribution < -0.4 is 5.32 Å². The molecule has 2 N–H and O–H groups in total. The van der Waals surface area contributed by atoms with E-state index in [1.165, 1.54) is 32.1 Å². The number of nitrogens with one attached hydrogen (secondary N) is 2. The predicted molar refractivity (Wildman–Crippen MR) is 66.8 cm³/mol. The van der Waals surface area contributed by atoms with Gasteiger partial charge in [-0.25, -0.2) is 0 Å². The lowest BCUT2D eigenvalue weighted by Gasteiger charge is -2.21. The molecule has 1 aromatic rings. The van der Waals surface area contributed by atoms with E-state index in [0.717, 1.165) is 24.6 Å². The number of amides is 1. The zero-order chi connectivity index (χ0) is 12.1. The Labute approximate surface area is 102 Å². The molecule has 0 aliphatic heterocycles. The summed E-state index contributed by atoms with van der Waals surface area (Å²) < 4.78 is 0. The van der Waals surface area contributed by atoms with Crippen LogP contribution >= 0.6 is 0 Å². The van der Waals surface area contributed by atoms with Crippen molar-refractivity contribution in [2.45, 2.75) is 45.4 Å². The lowest BCUT2D eigenvalue weighted by atomic mass is 9.87. The van der Waals surface area contributed by atoms with E-state index < -0.39 is 0 Å². The number of carbonyl (C=O) groups is 1. The summed E-state index contributed by atoms with van der Waals surface area (Å²) in [6, 6.07) is 0. The van der Waals surface area contributed by atoms with Gasteiger partial charge in [0.05, 0.1) is 11.8 Å². The van der Waals surface area contributed by atoms with E-state index in [-0.39, 0.29) is 5.91 Å². The van der Waals surface area contributed by atoms with Crippen LogP contribution in [0.1, 0.15) is 54.6 Å². The van der Waals surface area contributed by atoms with Gasteiger partial charge in [0.15, 0.2) is 0 Å². The van der Waals surface area contributed by atoms with E-state index in [1.807, 2.05) is 6.92 Å². The van der Waals surface area contributed by atoms with Crippen molar-refractivity contribution in [3.8, 4) is 0 Å². The van der Waals surface area contributed by atoms with Crippen molar-refractivity contribution in [1.29, 1.82) is 0 Å². The highest BCUT2D eigenvalue weighted by atomic mass is 16.1. The van der Waals surface area contributed by atoms with Gasteiger partial charge in [-0.05, 0) is 19.3 Å². The molecule has 94 valence electrons. The van der Waals surface area contributed by atoms with Crippen molar-refractivity contribution in [2.75, 3.05) is 6.54 Å². The zero-order valence-corrected chi connectivity index (χ0v) is 10.5. The maximum absolute atomic E-state index is 11.8. The van der Waals surface area contributed by atoms with Crippen LogP contribution in [-0.4, -0.2) is 22.6 Å². The molecule has 1 fully saturated rings. The molecular formula is C13H21N3O. The van der Waals surface area contributed by atoms with Gasteiger partial charge < -0.3 is 5.32 Å². The molecule has 0 aromatic carbocycles. The molecule has 0 radical (unpaired) electrons. The van der Waals surface area contributed by atoms with E-state index in [0.29, 0.717) is 5.56 Å². The summed E-state index contributed by atoms with van der Waals surface area (Å²) in [6.45, 7) is 2.65. The smallest absolute Gasteiger partial charge is 0.254 e. The first-order valence-corrected chi connectivity index (χ1v) is 6.55. The molecule has 1 amide bonds. The molecule has 4 heteroatoms. The van der Waals surface area contributed by atoms with Crippen LogP contribution in [0.15, 0.2) is 6.20 Å². The number of rotatable bonds is 4. The van der Waals surface area contributed by atoms with Crippen LogP contribution in [0.2, 0.25) is 0 Å². The summed E-state index contributed by atoms with van der Waals surface area (Å²) in [5.41, 5.74) is 1.49. The number of hydrogen-bond donors (Lipinski definition) is 2. The number of H-pyrrole nitrogens is 1. The molecule has 1 aromatic heterocycles. The van der Waals surface area contributed by atoms with E-state index >= 15 is 0 Å². The topological polar surface area (TPSA) is 57.8 Å². The number of aromatic amines is 1. The van der Waals surface area contributed by atoms with Gasteiger partial charge in [0.1, 0.15) is 0 Å². The van der Waals surface area contributed by atoms with Crippen LogP contribution in [0.5, 0.6) is 0 Å². The van der Waals surface area contributed by atoms with Gasteiger partial charge >= 0.3 is 0 Å². The summed E-state index contributed by atoms with van der Waals surface area (Å²) in [5.74, 6) is 0.807. The molecule has 1 heterocycles. The highest BCUT2D eigenvalue weighted by Gasteiger charge is 2.14. The summed E-state index contributed by atoms with van der Waals surface area (Å²) in [7, 11) is 0. The first kappa shape index (κ1) is 12.1. The summed E-state index contributed by atoms with van der Waals surface area (Å²) >= 11 is 0. The van der Waals surface area contributed by atoms with E-state index in [2.05, 4.69) is 15.5 Å². The van der Waals surface area contributed by atoms with Gasteiger partial charge in [-0.1, -0.05) is 32.1 Å². The molecule has 0 spiro atoms. The maximum atomic E-state index is 11.8. The Morgan fingerprint density at radius 3 is 2.88 bits per heavy atom. The van der Waals surface area contributed by atoms with Crippen LogP contribution in [0.3, 0.4) is 0 Å². The predicted octanol–water partition coefficient (Wildman–Crippen LogP) is 2.42. The van der Waals surface area contributed by atoms with Gasteiger partial charge in [0.2, 0.25) is 0 Å². The first-order chi connectivity index (χ1) is 8.27. The summed E-state index contributed by atoms with van der Waals surface area (Å²) in [5, 5.41) is 9.61. The first-order valence-electron chi connectivity index (χ1n) is 6.55. The minimum atomic E-state index is -0.00735. The lowest BCUT2D eigenvalue weighted by Crippen LogP contribution is -2.26. The average Bonchev–Trinajstić information content (AvgIpc) is 2.77. The largest absolute Gasteiger partial charge is 0.352 e. The number of aromatic nitrogens is 2. The van der Waals surface area contributed by atoms with Crippen LogP contribution in [0, 0.1) is 12.8 Å². The standard InChI is InChI=1S/C13H21N3O/c1-10-12(9-15-16-10)13(17)14-8-7-11-5-3-2-4-6-11/h9,11H,2-8H2,1H3,(H,14,17)(H,15,16). The number of hydrogen-bond acceptors (Lipinski definition) is 2. The molecule has 1 aliphatic rings. The van der Waals surface area contributed by atoms with Crippen molar-refractivity contribution < 1.29 is 4.79 Å². The van der Waals surface area contributed by atoms with Gasteiger partial charge in [-0.3, -0.25) is 9.89 Å². The Bertz CT molecular complexity index is 366. The lowest BCUT2D eigenvalue weighted by molar-refractivity contribution is 0.0950. The second-order valence-corrected chi connectivity index (χ2v) is 4.96. The van der Waals surface area contributed by atoms with Gasteiger partial charge in [-0.2, -0.15) is 5.10 Å². The average molecular weight is 235 g/mol. The van der Waals surface area contributed by atoms with Crippen LogP contribution in [0.25, 0.3) is 0 Å². The summed E-state index contributed by atoms with van der Waals surface area (Å²) in [6.07, 6.45) is 9.48. The molecule has 0 atom stereocenters. The second kappa shape index (κ2) is 5.84. The molecule has 4 nitrogen and oxygen atoms in total. The fraction of sp³-hybridized carbons (Fsp3) is 0.692. The van der Waals surface area contributed by atoms with Gasteiger partial charge in [0.25, 0.3) is 5.91 Å². The third kappa shape index (κ3) is 3.32. The molecule has 17 heavy (non-hydrogen) atoms. The molecule has 1 aliphatic carbocycles. The molecule has 0 saturated heterocycles. The number of nitrogens with zero attached hydrogens (tertiary/aromatic N) is 1. The normalized spacial score (nSPS) is 17.0. The van der Waals surface area contributed by atoms with Crippen molar-refractivity contribution in [2.24, 2.45) is 5.92 Å². The van der Waals surface area contributed by atoms with Gasteiger partial charge in [-0.15, -0.1) is 0 Å². The Morgan fingerprint density at radius 1 is 1.47 bits per heavy atom. The molecule has 1 saturated carbocycles. The number of carbonyl (C=O) groups excluding carboxylic acids is 1. The third-order valence-corrected chi connectivity index (χ3v) is 3.64. The zero-order valence-electron chi connectivity index (χ0n) is 10.5. The van der Waals surface area contributed by atoms with E-state index in [9.17, 15) is 4.79 Å². The van der Waals surface area contributed by atoms with Crippen LogP contribution in [0.4, 0.5) is 0 Å². The maximum Gasteiger partial charge on any atom is 0.254 e. The molecule has 2 rings (SSSR count). The van der Waals surface area contributed by atoms with Crippen molar-refractivity contribution in [1.82, 2.24) is 15.5 Å². The minimum Gasteiger partial charge on any atom is -0.352 e. The SMILES string of the molecule is Cc1[nH]ncc1C(=O)NCCC1CCCCC1. The second-order valence-electron chi connectivity index (χ2n) is 4.96. The Kier molecular flexibility index (Phi) is 4.18. The monoisotopic (exact) mass is 235 g/mol. The Morgan fingerprint density at radius 2 is 2.24 bits per heavy atom. The van der Waals surface area contributed by atoms with E-state index in [4.69, 9.17) is 0 Å². The van der Waals surface area contributed by atoms with Gasteiger partial charge in [0, 0.05) is 12.2 Å². The Hall–Kier alpha value is -1.32. The minimum absolute atomic E-state index is 0.00735. The van der Waals surface area contributed by atoms with Crippen molar-refractivity contribution >= 4 is 5.91 Å². The Balaban J connectivity index is 1.71. The van der Waals surface area contributed by atoms with Crippen LogP contribution in [-0.2, 0) is 0 Å². The fourth-order valence-electron chi connectivity index (χ4n) is 2.54. The third-order valence-electron chi connectivity index (χ3n) is 3.64.